The van der Waals surface area contributed by atoms with Crippen LogP contribution in [0.15, 0.2) is 40.4 Å². The van der Waals surface area contributed by atoms with Crippen molar-refractivity contribution in [1.29, 1.82) is 0 Å². The Kier molecular flexibility index (Phi) is 4.62. The molecule has 0 unspecified atom stereocenters. The van der Waals surface area contributed by atoms with E-state index in [2.05, 4.69) is 9.97 Å². The first kappa shape index (κ1) is 16.2. The Balaban J connectivity index is 2.31. The van der Waals surface area contributed by atoms with E-state index in [1.54, 1.807) is 13.2 Å². The maximum absolute atomic E-state index is 12.1. The molecule has 1 heterocycles. The minimum Gasteiger partial charge on any atom is -0.358 e. The summed E-state index contributed by atoms with van der Waals surface area (Å²) < 4.78 is 29.2. The van der Waals surface area contributed by atoms with E-state index in [1.165, 1.54) is 17.8 Å². The van der Waals surface area contributed by atoms with Crippen LogP contribution in [0.3, 0.4) is 0 Å². The molecular formula is C12H11N3O5S2. The molecule has 0 fully saturated rings. The molecule has 1 aromatic heterocycles. The van der Waals surface area contributed by atoms with Crippen molar-refractivity contribution in [2.45, 2.75) is 17.0 Å². The van der Waals surface area contributed by atoms with Crippen LogP contribution in [0.4, 0.5) is 5.69 Å². The standard InChI is InChI=1S/C12H11N3O5S2/c1-8-7-11(14-12(13-8)21-2)20-22(18,19)10-5-3-9(4-6-10)15(16)17/h3-7H,1-2H3. The first-order valence-corrected chi connectivity index (χ1v) is 8.54. The molecule has 0 radical (unpaired) electrons. The number of benzene rings is 1. The molecule has 0 saturated carbocycles. The van der Waals surface area contributed by atoms with Crippen molar-refractivity contribution in [2.75, 3.05) is 6.26 Å². The number of nitrogens with zero attached hydrogens (tertiary/aromatic N) is 3. The van der Waals surface area contributed by atoms with Crippen molar-refractivity contribution < 1.29 is 17.5 Å². The molecular weight excluding hydrogens is 330 g/mol. The van der Waals surface area contributed by atoms with Gasteiger partial charge in [-0.25, -0.2) is 4.98 Å². The van der Waals surface area contributed by atoms with E-state index < -0.39 is 15.0 Å². The van der Waals surface area contributed by atoms with Crippen LogP contribution in [0, 0.1) is 17.0 Å². The first-order chi connectivity index (χ1) is 10.3. The number of aromatic nitrogens is 2. The summed E-state index contributed by atoms with van der Waals surface area (Å²) in [7, 11) is -4.12. The minimum absolute atomic E-state index is 0.102. The number of non-ortho nitro benzene ring substituents is 1. The van der Waals surface area contributed by atoms with E-state index in [9.17, 15) is 18.5 Å². The number of hydrogen-bond donors (Lipinski definition) is 0. The summed E-state index contributed by atoms with van der Waals surface area (Å²) in [6.07, 6.45) is 1.75. The highest BCUT2D eigenvalue weighted by Gasteiger charge is 2.19. The molecule has 8 nitrogen and oxygen atoms in total. The van der Waals surface area contributed by atoms with Crippen molar-refractivity contribution in [2.24, 2.45) is 0 Å². The summed E-state index contributed by atoms with van der Waals surface area (Å²) in [4.78, 5) is 17.8. The molecule has 0 spiro atoms. The Labute approximate surface area is 130 Å². The monoisotopic (exact) mass is 341 g/mol. The second kappa shape index (κ2) is 6.28. The fraction of sp³-hybridized carbons (Fsp3) is 0.167. The Morgan fingerprint density at radius 2 is 1.86 bits per heavy atom. The summed E-state index contributed by atoms with van der Waals surface area (Å²) in [5.74, 6) is -0.102. The molecule has 22 heavy (non-hydrogen) atoms. The van der Waals surface area contributed by atoms with Gasteiger partial charge in [0.15, 0.2) is 5.16 Å². The van der Waals surface area contributed by atoms with Crippen LogP contribution in [0.5, 0.6) is 5.88 Å². The molecule has 0 atom stereocenters. The third-order valence-electron chi connectivity index (χ3n) is 2.52. The van der Waals surface area contributed by atoms with Crippen molar-refractivity contribution >= 4 is 27.6 Å². The zero-order chi connectivity index (χ0) is 16.3. The van der Waals surface area contributed by atoms with Gasteiger partial charge >= 0.3 is 10.1 Å². The molecule has 0 saturated heterocycles. The quantitative estimate of drug-likeness (QED) is 0.267. The Bertz CT molecular complexity index is 806. The maximum Gasteiger partial charge on any atom is 0.340 e. The fourth-order valence-corrected chi connectivity index (χ4v) is 2.83. The van der Waals surface area contributed by atoms with Gasteiger partial charge in [-0.2, -0.15) is 13.4 Å². The van der Waals surface area contributed by atoms with Gasteiger partial charge < -0.3 is 4.18 Å². The number of nitro benzene ring substituents is 1. The Morgan fingerprint density at radius 3 is 2.41 bits per heavy atom. The summed E-state index contributed by atoms with van der Waals surface area (Å²) in [6, 6.07) is 5.79. The van der Waals surface area contributed by atoms with E-state index >= 15 is 0 Å². The predicted octanol–water partition coefficient (Wildman–Crippen LogP) is 2.18. The van der Waals surface area contributed by atoms with Crippen LogP contribution in [0.25, 0.3) is 0 Å². The van der Waals surface area contributed by atoms with Crippen LogP contribution in [-0.2, 0) is 10.1 Å². The van der Waals surface area contributed by atoms with Crippen LogP contribution in [0.1, 0.15) is 5.69 Å². The minimum atomic E-state index is -4.12. The van der Waals surface area contributed by atoms with E-state index in [-0.39, 0.29) is 16.5 Å². The summed E-state index contributed by atoms with van der Waals surface area (Å²) >= 11 is 1.25. The third-order valence-corrected chi connectivity index (χ3v) is 4.31. The molecule has 1 aromatic carbocycles. The van der Waals surface area contributed by atoms with Crippen LogP contribution >= 0.6 is 11.8 Å². The topological polar surface area (TPSA) is 112 Å². The van der Waals surface area contributed by atoms with Crippen LogP contribution in [0.2, 0.25) is 0 Å². The number of rotatable bonds is 5. The largest absolute Gasteiger partial charge is 0.358 e. The van der Waals surface area contributed by atoms with Crippen molar-refractivity contribution in [3.05, 3.63) is 46.1 Å². The van der Waals surface area contributed by atoms with Crippen molar-refractivity contribution in [1.82, 2.24) is 9.97 Å². The van der Waals surface area contributed by atoms with Crippen LogP contribution in [-0.4, -0.2) is 29.6 Å². The normalized spacial score (nSPS) is 11.2. The van der Waals surface area contributed by atoms with Gasteiger partial charge in [0, 0.05) is 23.9 Å². The molecule has 10 heteroatoms. The SMILES string of the molecule is CSc1nc(C)cc(OS(=O)(=O)c2ccc([N+](=O)[O-])cc2)n1. The second-order valence-corrected chi connectivity index (χ2v) is 6.44. The van der Waals surface area contributed by atoms with E-state index in [0.717, 1.165) is 24.3 Å². The third kappa shape index (κ3) is 3.71. The van der Waals surface area contributed by atoms with Gasteiger partial charge in [-0.15, -0.1) is 0 Å². The lowest BCUT2D eigenvalue weighted by Crippen LogP contribution is -2.11. The van der Waals surface area contributed by atoms with E-state index in [1.807, 2.05) is 0 Å². The smallest absolute Gasteiger partial charge is 0.340 e. The number of aryl methyl sites for hydroxylation is 1. The highest BCUT2D eigenvalue weighted by molar-refractivity contribution is 7.98. The predicted molar refractivity (Wildman–Crippen MR) is 79.5 cm³/mol. The zero-order valence-electron chi connectivity index (χ0n) is 11.6. The molecule has 0 aliphatic rings. The number of thioether (sulfide) groups is 1. The summed E-state index contributed by atoms with van der Waals surface area (Å²) in [6.45, 7) is 1.69. The highest BCUT2D eigenvalue weighted by atomic mass is 32.2. The fourth-order valence-electron chi connectivity index (χ4n) is 1.54. The van der Waals surface area contributed by atoms with Gasteiger partial charge in [-0.1, -0.05) is 11.8 Å². The molecule has 0 bridgehead atoms. The Morgan fingerprint density at radius 1 is 1.23 bits per heavy atom. The highest BCUT2D eigenvalue weighted by Crippen LogP contribution is 2.21. The molecule has 0 aliphatic carbocycles. The maximum atomic E-state index is 12.1. The molecule has 2 aromatic rings. The number of nitro groups is 1. The summed E-state index contributed by atoms with van der Waals surface area (Å²) in [5.41, 5.74) is 0.356. The van der Waals surface area contributed by atoms with Gasteiger partial charge in [-0.05, 0) is 25.3 Å². The number of hydrogen-bond acceptors (Lipinski definition) is 8. The zero-order valence-corrected chi connectivity index (χ0v) is 13.2. The lowest BCUT2D eigenvalue weighted by molar-refractivity contribution is -0.384. The van der Waals surface area contributed by atoms with Gasteiger partial charge in [0.1, 0.15) is 4.90 Å². The van der Waals surface area contributed by atoms with E-state index in [4.69, 9.17) is 4.18 Å². The Hall–Kier alpha value is -2.20. The van der Waals surface area contributed by atoms with Gasteiger partial charge in [0.2, 0.25) is 5.88 Å². The molecule has 0 aliphatic heterocycles. The van der Waals surface area contributed by atoms with E-state index in [0.29, 0.717) is 10.9 Å². The van der Waals surface area contributed by atoms with Crippen molar-refractivity contribution in [3.63, 3.8) is 0 Å². The average molecular weight is 341 g/mol. The molecule has 0 amide bonds. The lowest BCUT2D eigenvalue weighted by atomic mass is 10.3. The first-order valence-electron chi connectivity index (χ1n) is 5.90. The van der Waals surface area contributed by atoms with Gasteiger partial charge in [-0.3, -0.25) is 10.1 Å². The van der Waals surface area contributed by atoms with Crippen molar-refractivity contribution in [3.8, 4) is 5.88 Å². The second-order valence-electron chi connectivity index (χ2n) is 4.12. The lowest BCUT2D eigenvalue weighted by Gasteiger charge is -2.07. The van der Waals surface area contributed by atoms with Gasteiger partial charge in [0.25, 0.3) is 5.69 Å². The van der Waals surface area contributed by atoms with Crippen LogP contribution < -0.4 is 4.18 Å². The molecule has 2 rings (SSSR count). The molecule has 116 valence electrons. The summed E-state index contributed by atoms with van der Waals surface area (Å²) in [5, 5.41) is 10.9. The average Bonchev–Trinajstić information content (AvgIpc) is 2.46. The molecule has 0 N–H and O–H groups in total. The van der Waals surface area contributed by atoms with Gasteiger partial charge in [0.05, 0.1) is 4.92 Å².